The minimum Gasteiger partial charge on any atom is -1.00 e. The van der Waals surface area contributed by atoms with Gasteiger partial charge in [0, 0.05) is 0 Å². The Morgan fingerprint density at radius 3 is 3.00 bits per heavy atom. The van der Waals surface area contributed by atoms with Gasteiger partial charge in [-0.05, 0) is 24.4 Å². The fourth-order valence-corrected chi connectivity index (χ4v) is 1.84. The Kier molecular flexibility index (Phi) is 5.45. The van der Waals surface area contributed by atoms with Crippen molar-refractivity contribution in [2.75, 3.05) is 6.54 Å². The van der Waals surface area contributed by atoms with Gasteiger partial charge in [-0.1, -0.05) is 13.0 Å². The van der Waals surface area contributed by atoms with Crippen LogP contribution in [0.2, 0.25) is 0 Å². The standard InChI is InChI=1S/C10H13N3OS.ClH/c1-2-5-11-7-9-12-13-10(14-9)8-4-3-6-15-8;/h3-4,6,11H,2,5,7H2,1H3;1H/p-1. The molecule has 0 saturated heterocycles. The van der Waals surface area contributed by atoms with Crippen molar-refractivity contribution in [3.05, 3.63) is 23.4 Å². The van der Waals surface area contributed by atoms with Crippen LogP contribution < -0.4 is 17.7 Å². The zero-order chi connectivity index (χ0) is 10.5. The summed E-state index contributed by atoms with van der Waals surface area (Å²) in [5.74, 6) is 1.25. The maximum absolute atomic E-state index is 5.50. The lowest BCUT2D eigenvalue weighted by Crippen LogP contribution is -3.00. The van der Waals surface area contributed by atoms with E-state index in [1.807, 2.05) is 17.5 Å². The summed E-state index contributed by atoms with van der Waals surface area (Å²) in [7, 11) is 0. The molecular weight excluding hydrogens is 246 g/mol. The molecule has 2 rings (SSSR count). The molecule has 0 radical (unpaired) electrons. The topological polar surface area (TPSA) is 51.0 Å². The van der Waals surface area contributed by atoms with Crippen LogP contribution in [-0.2, 0) is 6.54 Å². The lowest BCUT2D eigenvalue weighted by molar-refractivity contribution is -0.00000384. The number of thiophene rings is 1. The largest absolute Gasteiger partial charge is 1.00 e. The van der Waals surface area contributed by atoms with Gasteiger partial charge in [-0.3, -0.25) is 0 Å². The van der Waals surface area contributed by atoms with Gasteiger partial charge in [0.2, 0.25) is 5.89 Å². The molecule has 0 amide bonds. The van der Waals surface area contributed by atoms with Gasteiger partial charge in [-0.2, -0.15) is 0 Å². The lowest BCUT2D eigenvalue weighted by Gasteiger charge is -1.96. The van der Waals surface area contributed by atoms with E-state index in [0.29, 0.717) is 18.3 Å². The van der Waals surface area contributed by atoms with E-state index in [2.05, 4.69) is 22.4 Å². The fourth-order valence-electron chi connectivity index (χ4n) is 1.20. The predicted octanol–water partition coefficient (Wildman–Crippen LogP) is -0.698. The third-order valence-corrected chi connectivity index (χ3v) is 2.76. The molecule has 0 aliphatic heterocycles. The first-order valence-electron chi connectivity index (χ1n) is 4.97. The summed E-state index contributed by atoms with van der Waals surface area (Å²) in [6, 6.07) is 3.95. The first-order valence-corrected chi connectivity index (χ1v) is 5.85. The normalized spacial score (nSPS) is 10.1. The highest BCUT2D eigenvalue weighted by Gasteiger charge is 2.08. The van der Waals surface area contributed by atoms with Crippen LogP contribution in [0.1, 0.15) is 19.2 Å². The molecular formula is C10H13ClN3OS-. The van der Waals surface area contributed by atoms with Gasteiger partial charge in [-0.15, -0.1) is 21.5 Å². The molecule has 2 heterocycles. The summed E-state index contributed by atoms with van der Waals surface area (Å²) >= 11 is 1.60. The van der Waals surface area contributed by atoms with Gasteiger partial charge in [0.15, 0.2) is 0 Å². The van der Waals surface area contributed by atoms with E-state index in [0.717, 1.165) is 17.8 Å². The van der Waals surface area contributed by atoms with Crippen LogP contribution in [0.3, 0.4) is 0 Å². The highest BCUT2D eigenvalue weighted by molar-refractivity contribution is 7.13. The van der Waals surface area contributed by atoms with Crippen LogP contribution in [0.4, 0.5) is 0 Å². The molecule has 4 nitrogen and oxygen atoms in total. The smallest absolute Gasteiger partial charge is 0.257 e. The number of nitrogens with one attached hydrogen (secondary N) is 1. The van der Waals surface area contributed by atoms with E-state index >= 15 is 0 Å². The summed E-state index contributed by atoms with van der Waals surface area (Å²) in [5.41, 5.74) is 0. The van der Waals surface area contributed by atoms with Crippen molar-refractivity contribution >= 4 is 11.3 Å². The van der Waals surface area contributed by atoms with Crippen molar-refractivity contribution in [2.24, 2.45) is 0 Å². The number of hydrogen-bond acceptors (Lipinski definition) is 5. The lowest BCUT2D eigenvalue weighted by atomic mass is 10.5. The molecule has 0 aliphatic rings. The number of hydrogen-bond donors (Lipinski definition) is 1. The molecule has 0 saturated carbocycles. The highest BCUT2D eigenvalue weighted by Crippen LogP contribution is 2.22. The Hall–Kier alpha value is -0.910. The van der Waals surface area contributed by atoms with Crippen LogP contribution in [0.15, 0.2) is 21.9 Å². The van der Waals surface area contributed by atoms with E-state index in [1.54, 1.807) is 11.3 Å². The molecule has 0 unspecified atom stereocenters. The third kappa shape index (κ3) is 3.30. The van der Waals surface area contributed by atoms with Crippen LogP contribution in [0, 0.1) is 0 Å². The summed E-state index contributed by atoms with van der Waals surface area (Å²) in [5, 5.41) is 13.2. The molecule has 0 fully saturated rings. The van der Waals surface area contributed by atoms with Crippen LogP contribution in [0.5, 0.6) is 0 Å². The molecule has 0 atom stereocenters. The molecule has 6 heteroatoms. The SMILES string of the molecule is CCCNCc1nnc(-c2cccs2)o1.[Cl-]. The van der Waals surface area contributed by atoms with Gasteiger partial charge in [0.25, 0.3) is 5.89 Å². The molecule has 1 N–H and O–H groups in total. The van der Waals surface area contributed by atoms with E-state index in [4.69, 9.17) is 4.42 Å². The fraction of sp³-hybridized carbons (Fsp3) is 0.400. The van der Waals surface area contributed by atoms with Gasteiger partial charge in [0.1, 0.15) is 0 Å². The third-order valence-electron chi connectivity index (χ3n) is 1.90. The Labute approximate surface area is 104 Å². The quantitative estimate of drug-likeness (QED) is 0.721. The van der Waals surface area contributed by atoms with Crippen molar-refractivity contribution in [1.82, 2.24) is 15.5 Å². The first kappa shape index (κ1) is 13.2. The molecule has 2 aromatic rings. The van der Waals surface area contributed by atoms with E-state index in [-0.39, 0.29) is 12.4 Å². The van der Waals surface area contributed by atoms with Gasteiger partial charge < -0.3 is 22.1 Å². The van der Waals surface area contributed by atoms with Gasteiger partial charge >= 0.3 is 0 Å². The minimum atomic E-state index is 0. The summed E-state index contributed by atoms with van der Waals surface area (Å²) < 4.78 is 5.50. The van der Waals surface area contributed by atoms with Crippen LogP contribution >= 0.6 is 11.3 Å². The van der Waals surface area contributed by atoms with Crippen molar-refractivity contribution in [1.29, 1.82) is 0 Å². The first-order chi connectivity index (χ1) is 7.40. The number of halogens is 1. The minimum absolute atomic E-state index is 0. The molecule has 0 bridgehead atoms. The second kappa shape index (κ2) is 6.62. The van der Waals surface area contributed by atoms with Crippen LogP contribution in [-0.4, -0.2) is 16.7 Å². The van der Waals surface area contributed by atoms with Crippen molar-refractivity contribution in [3.63, 3.8) is 0 Å². The Balaban J connectivity index is 0.00000128. The molecule has 0 aromatic carbocycles. The molecule has 0 spiro atoms. The molecule has 2 aromatic heterocycles. The average molecular weight is 259 g/mol. The van der Waals surface area contributed by atoms with Gasteiger partial charge in [-0.25, -0.2) is 0 Å². The second-order valence-electron chi connectivity index (χ2n) is 3.16. The van der Waals surface area contributed by atoms with E-state index < -0.39 is 0 Å². The van der Waals surface area contributed by atoms with Crippen molar-refractivity contribution in [3.8, 4) is 10.8 Å². The summed E-state index contributed by atoms with van der Waals surface area (Å²) in [6.45, 7) is 3.74. The highest BCUT2D eigenvalue weighted by atomic mass is 35.5. The zero-order valence-electron chi connectivity index (χ0n) is 8.94. The number of rotatable bonds is 5. The summed E-state index contributed by atoms with van der Waals surface area (Å²) in [4.78, 5) is 1.02. The maximum Gasteiger partial charge on any atom is 0.257 e. The van der Waals surface area contributed by atoms with E-state index in [9.17, 15) is 0 Å². The van der Waals surface area contributed by atoms with Crippen molar-refractivity contribution < 1.29 is 16.8 Å². The predicted molar refractivity (Wildman–Crippen MR) is 59.6 cm³/mol. The molecule has 0 aliphatic carbocycles. The zero-order valence-corrected chi connectivity index (χ0v) is 10.5. The van der Waals surface area contributed by atoms with Gasteiger partial charge in [0.05, 0.1) is 11.4 Å². The maximum atomic E-state index is 5.50. The average Bonchev–Trinajstić information content (AvgIpc) is 2.87. The Morgan fingerprint density at radius 1 is 1.44 bits per heavy atom. The van der Waals surface area contributed by atoms with Crippen LogP contribution in [0.25, 0.3) is 10.8 Å². The second-order valence-corrected chi connectivity index (χ2v) is 4.10. The number of aromatic nitrogens is 2. The Bertz CT molecular complexity index is 402. The molecule has 88 valence electrons. The van der Waals surface area contributed by atoms with Crippen molar-refractivity contribution in [2.45, 2.75) is 19.9 Å². The summed E-state index contributed by atoms with van der Waals surface area (Å²) in [6.07, 6.45) is 1.10. The molecule has 16 heavy (non-hydrogen) atoms. The number of nitrogens with zero attached hydrogens (tertiary/aromatic N) is 2. The van der Waals surface area contributed by atoms with E-state index in [1.165, 1.54) is 0 Å². The monoisotopic (exact) mass is 258 g/mol. The Morgan fingerprint density at radius 2 is 2.31 bits per heavy atom.